The summed E-state index contributed by atoms with van der Waals surface area (Å²) in [6, 6.07) is 7.25. The van der Waals surface area contributed by atoms with Gasteiger partial charge in [0.25, 0.3) is 11.8 Å². The summed E-state index contributed by atoms with van der Waals surface area (Å²) in [7, 11) is 0. The summed E-state index contributed by atoms with van der Waals surface area (Å²) < 4.78 is 10.6. The summed E-state index contributed by atoms with van der Waals surface area (Å²) in [6.07, 6.45) is -1.65. The minimum atomic E-state index is -1.51. The molecular weight excluding hydrogens is 446 g/mol. The number of hydrogen-bond donors (Lipinski definition) is 1. The van der Waals surface area contributed by atoms with E-state index >= 15 is 0 Å². The van der Waals surface area contributed by atoms with Crippen molar-refractivity contribution in [3.8, 4) is 0 Å². The van der Waals surface area contributed by atoms with Crippen LogP contribution < -0.4 is 5.73 Å². The van der Waals surface area contributed by atoms with Crippen LogP contribution in [0.15, 0.2) is 30.3 Å². The SMILES string of the molecule is CC(C)(C)OC(=O)N(C(=O)OCc1ccccc1)[C@@H](CCCCN)C(=O)ON1C(=O)CCC1=O. The lowest BCUT2D eigenvalue weighted by Crippen LogP contribution is -2.52. The first-order valence-electron chi connectivity index (χ1n) is 11.0. The summed E-state index contributed by atoms with van der Waals surface area (Å²) in [4.78, 5) is 68.3. The Morgan fingerprint density at radius 2 is 1.65 bits per heavy atom. The van der Waals surface area contributed by atoms with Crippen molar-refractivity contribution in [2.75, 3.05) is 6.54 Å². The second-order valence-corrected chi connectivity index (χ2v) is 8.68. The Labute approximate surface area is 198 Å². The van der Waals surface area contributed by atoms with Crippen LogP contribution in [-0.4, -0.2) is 58.1 Å². The van der Waals surface area contributed by atoms with Crippen LogP contribution in [0.5, 0.6) is 0 Å². The normalized spacial score (nSPS) is 14.5. The highest BCUT2D eigenvalue weighted by molar-refractivity contribution is 6.02. The number of nitrogens with zero attached hydrogens (tertiary/aromatic N) is 2. The monoisotopic (exact) mass is 477 g/mol. The first kappa shape index (κ1) is 26.8. The molecule has 2 rings (SSSR count). The topological polar surface area (TPSA) is 146 Å². The maximum absolute atomic E-state index is 13.0. The minimum Gasteiger partial charge on any atom is -0.444 e. The van der Waals surface area contributed by atoms with Crippen molar-refractivity contribution < 1.29 is 38.3 Å². The molecule has 0 saturated carbocycles. The van der Waals surface area contributed by atoms with Gasteiger partial charge in [0.1, 0.15) is 18.2 Å². The predicted octanol–water partition coefficient (Wildman–Crippen LogP) is 2.67. The van der Waals surface area contributed by atoms with Crippen LogP contribution in [0.1, 0.15) is 58.4 Å². The van der Waals surface area contributed by atoms with Crippen LogP contribution >= 0.6 is 0 Å². The van der Waals surface area contributed by atoms with Crippen molar-refractivity contribution in [2.24, 2.45) is 5.73 Å². The fraction of sp³-hybridized carbons (Fsp3) is 0.522. The van der Waals surface area contributed by atoms with E-state index in [9.17, 15) is 24.0 Å². The van der Waals surface area contributed by atoms with Crippen LogP contribution in [0.25, 0.3) is 0 Å². The summed E-state index contributed by atoms with van der Waals surface area (Å²) in [5.74, 6) is -2.51. The number of carbonyl (C=O) groups excluding carboxylic acids is 5. The lowest BCUT2D eigenvalue weighted by atomic mass is 10.1. The molecule has 1 aromatic carbocycles. The van der Waals surface area contributed by atoms with Gasteiger partial charge in [0, 0.05) is 12.8 Å². The number of amides is 4. The van der Waals surface area contributed by atoms with E-state index in [1.165, 1.54) is 0 Å². The lowest BCUT2D eigenvalue weighted by molar-refractivity contribution is -0.200. The van der Waals surface area contributed by atoms with Gasteiger partial charge in [-0.3, -0.25) is 9.59 Å². The average molecular weight is 478 g/mol. The van der Waals surface area contributed by atoms with Crippen molar-refractivity contribution in [1.29, 1.82) is 0 Å². The molecule has 4 amide bonds. The Balaban J connectivity index is 2.30. The van der Waals surface area contributed by atoms with E-state index in [1.807, 2.05) is 0 Å². The largest absolute Gasteiger partial charge is 0.444 e. The zero-order chi connectivity index (χ0) is 25.3. The van der Waals surface area contributed by atoms with Gasteiger partial charge in [0.15, 0.2) is 0 Å². The highest BCUT2D eigenvalue weighted by atomic mass is 16.7. The molecule has 1 atom stereocenters. The summed E-state index contributed by atoms with van der Waals surface area (Å²) >= 11 is 0. The molecule has 0 aliphatic carbocycles. The Morgan fingerprint density at radius 3 is 2.21 bits per heavy atom. The molecule has 1 saturated heterocycles. The molecule has 34 heavy (non-hydrogen) atoms. The van der Waals surface area contributed by atoms with Gasteiger partial charge >= 0.3 is 18.2 Å². The van der Waals surface area contributed by atoms with Crippen LogP contribution in [0.3, 0.4) is 0 Å². The number of benzene rings is 1. The van der Waals surface area contributed by atoms with Crippen LogP contribution in [0, 0.1) is 0 Å². The van der Waals surface area contributed by atoms with E-state index in [-0.39, 0.29) is 25.9 Å². The third kappa shape index (κ3) is 7.84. The van der Waals surface area contributed by atoms with Crippen LogP contribution in [0.4, 0.5) is 9.59 Å². The fourth-order valence-electron chi connectivity index (χ4n) is 3.07. The highest BCUT2D eigenvalue weighted by Crippen LogP contribution is 2.21. The molecule has 1 aliphatic heterocycles. The molecule has 1 aliphatic rings. The maximum Gasteiger partial charge on any atom is 0.420 e. The van der Waals surface area contributed by atoms with E-state index in [1.54, 1.807) is 51.1 Å². The molecule has 2 N–H and O–H groups in total. The molecule has 11 heteroatoms. The molecular formula is C23H31N3O8. The van der Waals surface area contributed by atoms with Crippen molar-refractivity contribution in [3.05, 3.63) is 35.9 Å². The molecule has 0 radical (unpaired) electrons. The van der Waals surface area contributed by atoms with E-state index in [0.717, 1.165) is 0 Å². The van der Waals surface area contributed by atoms with Gasteiger partial charge < -0.3 is 20.0 Å². The zero-order valence-corrected chi connectivity index (χ0v) is 19.7. The lowest BCUT2D eigenvalue weighted by Gasteiger charge is -2.30. The summed E-state index contributed by atoms with van der Waals surface area (Å²) in [5.41, 5.74) is 5.22. The maximum atomic E-state index is 13.0. The van der Waals surface area contributed by atoms with E-state index in [4.69, 9.17) is 20.0 Å². The minimum absolute atomic E-state index is 0.0358. The summed E-state index contributed by atoms with van der Waals surface area (Å²) in [5, 5.41) is 0.362. The van der Waals surface area contributed by atoms with Crippen molar-refractivity contribution in [3.63, 3.8) is 0 Å². The molecule has 186 valence electrons. The molecule has 0 aromatic heterocycles. The Hall–Kier alpha value is -3.47. The number of hydroxylamine groups is 2. The molecule has 1 heterocycles. The van der Waals surface area contributed by atoms with Crippen LogP contribution in [0.2, 0.25) is 0 Å². The predicted molar refractivity (Wildman–Crippen MR) is 119 cm³/mol. The first-order valence-corrected chi connectivity index (χ1v) is 11.0. The molecule has 0 bridgehead atoms. The fourth-order valence-corrected chi connectivity index (χ4v) is 3.07. The number of hydrogen-bond acceptors (Lipinski definition) is 9. The smallest absolute Gasteiger partial charge is 0.420 e. The average Bonchev–Trinajstić information content (AvgIpc) is 3.08. The van der Waals surface area contributed by atoms with Gasteiger partial charge in [-0.05, 0) is 52.1 Å². The van der Waals surface area contributed by atoms with Crippen molar-refractivity contribution in [2.45, 2.75) is 71.1 Å². The summed E-state index contributed by atoms with van der Waals surface area (Å²) in [6.45, 7) is 4.95. The first-order chi connectivity index (χ1) is 16.0. The quantitative estimate of drug-likeness (QED) is 0.419. The molecule has 11 nitrogen and oxygen atoms in total. The number of rotatable bonds is 9. The molecule has 0 spiro atoms. The van der Waals surface area contributed by atoms with Gasteiger partial charge in [-0.1, -0.05) is 30.3 Å². The molecule has 0 unspecified atom stereocenters. The number of unbranched alkanes of at least 4 members (excludes halogenated alkanes) is 1. The van der Waals surface area contributed by atoms with Gasteiger partial charge in [-0.15, -0.1) is 5.06 Å². The highest BCUT2D eigenvalue weighted by Gasteiger charge is 2.42. The second-order valence-electron chi connectivity index (χ2n) is 8.68. The van der Waals surface area contributed by atoms with E-state index in [0.29, 0.717) is 34.9 Å². The molecule has 1 aromatic rings. The van der Waals surface area contributed by atoms with Crippen molar-refractivity contribution >= 4 is 30.0 Å². The third-order valence-corrected chi connectivity index (χ3v) is 4.69. The van der Waals surface area contributed by atoms with Gasteiger partial charge in [0.2, 0.25) is 0 Å². The van der Waals surface area contributed by atoms with Gasteiger partial charge in [0.05, 0.1) is 0 Å². The Bertz CT molecular complexity index is 881. The van der Waals surface area contributed by atoms with Crippen LogP contribution in [-0.2, 0) is 35.3 Å². The Kier molecular flexibility index (Phi) is 9.55. The standard InChI is InChI=1S/C23H31N3O8/c1-23(2,3)33-22(31)25(21(30)32-15-16-9-5-4-6-10-16)17(11-7-8-14-24)20(29)34-26-18(27)12-13-19(26)28/h4-6,9-10,17H,7-8,11-15,24H2,1-3H3/t17-/m0/s1. The number of ether oxygens (including phenoxy) is 2. The third-order valence-electron chi connectivity index (χ3n) is 4.69. The van der Waals surface area contributed by atoms with E-state index < -0.39 is 41.6 Å². The van der Waals surface area contributed by atoms with Gasteiger partial charge in [-0.25, -0.2) is 14.4 Å². The number of imide groups is 2. The second kappa shape index (κ2) is 12.1. The molecule has 1 fully saturated rings. The zero-order valence-electron chi connectivity index (χ0n) is 19.7. The van der Waals surface area contributed by atoms with E-state index in [2.05, 4.69) is 0 Å². The Morgan fingerprint density at radius 1 is 1.03 bits per heavy atom. The van der Waals surface area contributed by atoms with Crippen molar-refractivity contribution in [1.82, 2.24) is 9.96 Å². The number of carbonyl (C=O) groups is 5. The van der Waals surface area contributed by atoms with Gasteiger partial charge in [-0.2, -0.15) is 4.90 Å². The number of nitrogens with two attached hydrogens (primary N) is 1.